The Kier molecular flexibility index (Phi) is 6.11. The molecule has 0 saturated heterocycles. The third-order valence-corrected chi connectivity index (χ3v) is 15.1. The molecule has 0 saturated carbocycles. The summed E-state index contributed by atoms with van der Waals surface area (Å²) in [5.41, 5.74) is 5.52. The molecule has 0 aromatic rings. The Hall–Kier alpha value is 0.274. The van der Waals surface area contributed by atoms with Crippen LogP contribution in [0.5, 0.6) is 0 Å². The van der Waals surface area contributed by atoms with E-state index in [0.29, 0.717) is 0 Å². The Balaban J connectivity index is 4.60. The van der Waals surface area contributed by atoms with Crippen LogP contribution in [-0.4, -0.2) is 43.8 Å². The molecule has 6 heteroatoms. The zero-order valence-electron chi connectivity index (χ0n) is 9.92. The van der Waals surface area contributed by atoms with E-state index in [1.54, 1.807) is 21.3 Å². The summed E-state index contributed by atoms with van der Waals surface area (Å²) < 4.78 is 16.5. The highest BCUT2D eigenvalue weighted by atomic mass is 29.3. The molecule has 0 atom stereocenters. The van der Waals surface area contributed by atoms with Crippen molar-refractivity contribution in [3.63, 3.8) is 0 Å². The minimum absolute atomic E-state index is 0.720. The summed E-state index contributed by atoms with van der Waals surface area (Å²) in [6, 6.07) is 1.09. The molecular weight excluding hydrogens is 214 g/mol. The molecule has 2 N–H and O–H groups in total. The van der Waals surface area contributed by atoms with E-state index < -0.39 is 15.9 Å². The number of hydrogen-bond acceptors (Lipinski definition) is 4. The molecule has 4 nitrogen and oxygen atoms in total. The lowest BCUT2D eigenvalue weighted by molar-refractivity contribution is 0.145. The standard InChI is InChI=1S/C8H23NO3Si2/c1-10-14(11-2,12-3)13(4,5)8-6-7-9/h6-9H2,1-5H3. The van der Waals surface area contributed by atoms with Crippen LogP contribution in [0, 0.1) is 0 Å². The van der Waals surface area contributed by atoms with Crippen LogP contribution in [0.4, 0.5) is 0 Å². The molecule has 0 spiro atoms. The first-order chi connectivity index (χ1) is 6.49. The molecular formula is C8H23NO3Si2. The smallest absolute Gasteiger partial charge is 0.380 e. The molecule has 0 fully saturated rings. The molecule has 0 aromatic heterocycles. The van der Waals surface area contributed by atoms with Crippen LogP contribution < -0.4 is 5.73 Å². The minimum atomic E-state index is -2.40. The van der Waals surface area contributed by atoms with Crippen molar-refractivity contribution in [1.82, 2.24) is 0 Å². The van der Waals surface area contributed by atoms with Gasteiger partial charge in [0.25, 0.3) is 0 Å². The van der Waals surface area contributed by atoms with Gasteiger partial charge in [-0.2, -0.15) is 0 Å². The van der Waals surface area contributed by atoms with Crippen molar-refractivity contribution < 1.29 is 13.3 Å². The lowest BCUT2D eigenvalue weighted by Gasteiger charge is -2.37. The SMILES string of the molecule is CO[Si](OC)(OC)[Si](C)(C)CCCN. The van der Waals surface area contributed by atoms with Gasteiger partial charge in [-0.25, -0.2) is 0 Å². The molecule has 0 heterocycles. The minimum Gasteiger partial charge on any atom is -0.380 e. The molecule has 0 rings (SSSR count). The summed E-state index contributed by atoms with van der Waals surface area (Å²) in [4.78, 5) is 0. The zero-order chi connectivity index (χ0) is 11.2. The second kappa shape index (κ2) is 5.99. The third kappa shape index (κ3) is 2.88. The second-order valence-electron chi connectivity index (χ2n) is 3.94. The summed E-state index contributed by atoms with van der Waals surface area (Å²) in [7, 11) is 1.02. The Morgan fingerprint density at radius 1 is 1.00 bits per heavy atom. The molecule has 14 heavy (non-hydrogen) atoms. The maximum atomic E-state index is 5.52. The number of rotatable bonds is 7. The van der Waals surface area contributed by atoms with Crippen molar-refractivity contribution in [3.05, 3.63) is 0 Å². The van der Waals surface area contributed by atoms with Gasteiger partial charge in [0, 0.05) is 21.3 Å². The Labute approximate surface area is 88.9 Å². The third-order valence-electron chi connectivity index (χ3n) is 2.64. The summed E-state index contributed by atoms with van der Waals surface area (Å²) in [6.45, 7) is 5.20. The Morgan fingerprint density at radius 3 is 1.71 bits per heavy atom. The average molecular weight is 237 g/mol. The summed E-state index contributed by atoms with van der Waals surface area (Å²) in [5.74, 6) is 0. The maximum absolute atomic E-state index is 5.52. The average Bonchev–Trinajstić information content (AvgIpc) is 2.18. The van der Waals surface area contributed by atoms with Crippen molar-refractivity contribution >= 4 is 15.9 Å². The predicted molar refractivity (Wildman–Crippen MR) is 62.7 cm³/mol. The molecule has 0 aromatic carbocycles. The molecule has 0 radical (unpaired) electrons. The van der Waals surface area contributed by atoms with Crippen molar-refractivity contribution in [3.8, 4) is 0 Å². The van der Waals surface area contributed by atoms with Crippen molar-refractivity contribution in [1.29, 1.82) is 0 Å². The van der Waals surface area contributed by atoms with Gasteiger partial charge in [-0.3, -0.25) is 0 Å². The van der Waals surface area contributed by atoms with Gasteiger partial charge in [-0.05, 0) is 13.0 Å². The van der Waals surface area contributed by atoms with Gasteiger partial charge in [0.2, 0.25) is 0 Å². The zero-order valence-corrected chi connectivity index (χ0v) is 11.9. The van der Waals surface area contributed by atoms with Gasteiger partial charge >= 0.3 is 8.32 Å². The van der Waals surface area contributed by atoms with E-state index in [1.807, 2.05) is 0 Å². The Morgan fingerprint density at radius 2 is 1.43 bits per heavy atom. The van der Waals surface area contributed by atoms with Gasteiger partial charge in [-0.15, -0.1) is 0 Å². The molecule has 0 aliphatic rings. The van der Waals surface area contributed by atoms with Crippen LogP contribution in [0.3, 0.4) is 0 Å². The van der Waals surface area contributed by atoms with Crippen LogP contribution in [0.25, 0.3) is 0 Å². The summed E-state index contributed by atoms with van der Waals surface area (Å²) in [5, 5.41) is 0. The fourth-order valence-electron chi connectivity index (χ4n) is 1.78. The van der Waals surface area contributed by atoms with Crippen LogP contribution in [-0.2, 0) is 13.3 Å². The fourth-order valence-corrected chi connectivity index (χ4v) is 11.8. The highest BCUT2D eigenvalue weighted by Gasteiger charge is 2.54. The molecule has 0 amide bonds. The second-order valence-corrected chi connectivity index (χ2v) is 16.4. The van der Waals surface area contributed by atoms with Crippen LogP contribution in [0.15, 0.2) is 0 Å². The first-order valence-electron chi connectivity index (χ1n) is 4.85. The maximum Gasteiger partial charge on any atom is 0.468 e. The summed E-state index contributed by atoms with van der Waals surface area (Å²) >= 11 is 0. The van der Waals surface area contributed by atoms with E-state index in [-0.39, 0.29) is 0 Å². The number of hydrogen-bond donors (Lipinski definition) is 1. The van der Waals surface area contributed by atoms with Gasteiger partial charge in [-0.1, -0.05) is 19.1 Å². The molecule has 0 aliphatic heterocycles. The van der Waals surface area contributed by atoms with Gasteiger partial charge in [0.1, 0.15) is 7.59 Å². The highest BCUT2D eigenvalue weighted by molar-refractivity contribution is 7.34. The molecule has 0 bridgehead atoms. The monoisotopic (exact) mass is 237 g/mol. The predicted octanol–water partition coefficient (Wildman–Crippen LogP) is 1.00. The van der Waals surface area contributed by atoms with Crippen LogP contribution in [0.1, 0.15) is 6.42 Å². The van der Waals surface area contributed by atoms with E-state index in [2.05, 4.69) is 13.1 Å². The lowest BCUT2D eigenvalue weighted by atomic mass is 10.5. The van der Waals surface area contributed by atoms with E-state index in [4.69, 9.17) is 19.0 Å². The lowest BCUT2D eigenvalue weighted by Crippen LogP contribution is -2.64. The number of nitrogens with two attached hydrogens (primary N) is 1. The first kappa shape index (κ1) is 14.3. The Bertz CT molecular complexity index is 154. The van der Waals surface area contributed by atoms with Crippen molar-refractivity contribution in [2.75, 3.05) is 27.9 Å². The van der Waals surface area contributed by atoms with E-state index >= 15 is 0 Å². The molecule has 0 aliphatic carbocycles. The van der Waals surface area contributed by atoms with E-state index in [9.17, 15) is 0 Å². The van der Waals surface area contributed by atoms with E-state index in [1.165, 1.54) is 0 Å². The fraction of sp³-hybridized carbons (Fsp3) is 1.00. The largest absolute Gasteiger partial charge is 0.468 e. The molecule has 86 valence electrons. The van der Waals surface area contributed by atoms with Crippen molar-refractivity contribution in [2.45, 2.75) is 25.6 Å². The first-order valence-corrected chi connectivity index (χ1v) is 10.8. The van der Waals surface area contributed by atoms with Crippen LogP contribution >= 0.6 is 0 Å². The highest BCUT2D eigenvalue weighted by Crippen LogP contribution is 2.26. The van der Waals surface area contributed by atoms with Gasteiger partial charge in [0.15, 0.2) is 0 Å². The van der Waals surface area contributed by atoms with Crippen molar-refractivity contribution in [2.24, 2.45) is 5.73 Å². The van der Waals surface area contributed by atoms with Gasteiger partial charge in [0.05, 0.1) is 0 Å². The van der Waals surface area contributed by atoms with Crippen LogP contribution in [0.2, 0.25) is 19.1 Å². The quantitative estimate of drug-likeness (QED) is 0.671. The summed E-state index contributed by atoms with van der Waals surface area (Å²) in [6.07, 6.45) is 1.02. The van der Waals surface area contributed by atoms with E-state index in [0.717, 1.165) is 19.0 Å². The normalized spacial score (nSPS) is 13.3. The molecule has 0 unspecified atom stereocenters. The topological polar surface area (TPSA) is 53.7 Å². The van der Waals surface area contributed by atoms with Gasteiger partial charge < -0.3 is 19.0 Å².